The van der Waals surface area contributed by atoms with E-state index in [0.29, 0.717) is 11.1 Å². The first-order valence-corrected chi connectivity index (χ1v) is 4.46. The Labute approximate surface area is 91.3 Å². The number of aliphatic carboxylic acids is 1. The molecule has 1 rings (SSSR count). The van der Waals surface area contributed by atoms with Crippen LogP contribution in [0.1, 0.15) is 31.8 Å². The number of aromatic carboxylic acids is 1. The van der Waals surface area contributed by atoms with Crippen LogP contribution in [0.25, 0.3) is 0 Å². The summed E-state index contributed by atoms with van der Waals surface area (Å²) in [5.74, 6) is -3.88. The second-order valence-corrected chi connectivity index (χ2v) is 3.41. The number of aryl methyl sites for hydroxylation is 1. The average Bonchev–Trinajstić information content (AvgIpc) is 2.20. The molecule has 2 N–H and O–H groups in total. The molecule has 5 heteroatoms. The zero-order chi connectivity index (χ0) is 12.5. The number of carboxylic acids is 2. The molecule has 1 aromatic carbocycles. The molecule has 5 nitrogen and oxygen atoms in total. The van der Waals surface area contributed by atoms with Crippen molar-refractivity contribution in [1.82, 2.24) is 0 Å². The van der Waals surface area contributed by atoms with Gasteiger partial charge in [0.05, 0.1) is 5.56 Å². The highest BCUT2D eigenvalue weighted by atomic mass is 16.4. The van der Waals surface area contributed by atoms with Crippen LogP contribution in [0.4, 0.5) is 0 Å². The van der Waals surface area contributed by atoms with E-state index in [1.165, 1.54) is 6.07 Å². The Morgan fingerprint density at radius 3 is 2.06 bits per heavy atom. The molecule has 0 heterocycles. The van der Waals surface area contributed by atoms with Crippen molar-refractivity contribution < 1.29 is 24.6 Å². The second kappa shape index (κ2) is 4.14. The molecular formula is C11H10O5. The topological polar surface area (TPSA) is 91.7 Å². The summed E-state index contributed by atoms with van der Waals surface area (Å²) in [6.45, 7) is 3.21. The largest absolute Gasteiger partial charge is 0.478 e. The van der Waals surface area contributed by atoms with Gasteiger partial charge in [-0.3, -0.25) is 4.79 Å². The third kappa shape index (κ3) is 2.08. The molecule has 0 atom stereocenters. The fourth-order valence-corrected chi connectivity index (χ4v) is 1.33. The summed E-state index contributed by atoms with van der Waals surface area (Å²) in [5, 5.41) is 17.4. The van der Waals surface area contributed by atoms with Crippen LogP contribution in [0.15, 0.2) is 12.1 Å². The number of Topliss-reactive ketones (excluding diaryl/α,β-unsaturated/α-hetero) is 1. The molecule has 0 aliphatic rings. The Balaban J connectivity index is 3.44. The van der Waals surface area contributed by atoms with Crippen LogP contribution in [0.3, 0.4) is 0 Å². The Hall–Kier alpha value is -2.17. The fourth-order valence-electron chi connectivity index (χ4n) is 1.33. The van der Waals surface area contributed by atoms with Crippen LogP contribution in [0.5, 0.6) is 0 Å². The van der Waals surface area contributed by atoms with Crippen molar-refractivity contribution in [2.75, 3.05) is 0 Å². The Kier molecular flexibility index (Phi) is 3.08. The third-order valence-corrected chi connectivity index (χ3v) is 2.35. The van der Waals surface area contributed by atoms with Gasteiger partial charge in [0.2, 0.25) is 0 Å². The quantitative estimate of drug-likeness (QED) is 0.593. The summed E-state index contributed by atoms with van der Waals surface area (Å²) in [7, 11) is 0. The first kappa shape index (κ1) is 11.9. The van der Waals surface area contributed by atoms with Crippen molar-refractivity contribution in [1.29, 1.82) is 0 Å². The SMILES string of the molecule is Cc1cc(C(=O)O)cc(C(=O)C(=O)O)c1C. The standard InChI is InChI=1S/C11H10O5/c1-5-3-7(10(13)14)4-8(6(5)2)9(12)11(15)16/h3-4H,1-2H3,(H,13,14)(H,15,16). The summed E-state index contributed by atoms with van der Waals surface area (Å²) in [5.41, 5.74) is 0.888. The zero-order valence-electron chi connectivity index (χ0n) is 8.77. The number of rotatable bonds is 3. The maximum atomic E-state index is 11.3. The number of carbonyl (C=O) groups is 3. The molecule has 0 amide bonds. The van der Waals surface area contributed by atoms with E-state index < -0.39 is 17.7 Å². The molecule has 84 valence electrons. The van der Waals surface area contributed by atoms with E-state index in [-0.39, 0.29) is 11.1 Å². The van der Waals surface area contributed by atoms with Crippen molar-refractivity contribution in [3.05, 3.63) is 34.4 Å². The van der Waals surface area contributed by atoms with E-state index in [1.54, 1.807) is 13.8 Å². The minimum atomic E-state index is -1.59. The molecule has 0 fully saturated rings. The molecule has 0 aromatic heterocycles. The number of benzene rings is 1. The van der Waals surface area contributed by atoms with Gasteiger partial charge >= 0.3 is 11.9 Å². The summed E-state index contributed by atoms with van der Waals surface area (Å²) in [4.78, 5) is 32.6. The van der Waals surface area contributed by atoms with Gasteiger partial charge in [-0.15, -0.1) is 0 Å². The zero-order valence-corrected chi connectivity index (χ0v) is 8.77. The van der Waals surface area contributed by atoms with Crippen LogP contribution in [0, 0.1) is 13.8 Å². The number of hydrogen-bond acceptors (Lipinski definition) is 3. The summed E-state index contributed by atoms with van der Waals surface area (Å²) < 4.78 is 0. The highest BCUT2D eigenvalue weighted by molar-refractivity contribution is 6.40. The highest BCUT2D eigenvalue weighted by Gasteiger charge is 2.20. The van der Waals surface area contributed by atoms with Gasteiger partial charge in [0.1, 0.15) is 0 Å². The Morgan fingerprint density at radius 2 is 1.62 bits per heavy atom. The van der Waals surface area contributed by atoms with E-state index in [4.69, 9.17) is 10.2 Å². The molecule has 16 heavy (non-hydrogen) atoms. The number of hydrogen-bond donors (Lipinski definition) is 2. The van der Waals surface area contributed by atoms with Crippen molar-refractivity contribution >= 4 is 17.7 Å². The highest BCUT2D eigenvalue weighted by Crippen LogP contribution is 2.17. The molecule has 0 bridgehead atoms. The Bertz CT molecular complexity index is 487. The van der Waals surface area contributed by atoms with Crippen molar-refractivity contribution in [2.45, 2.75) is 13.8 Å². The van der Waals surface area contributed by atoms with Gasteiger partial charge in [-0.2, -0.15) is 0 Å². The summed E-state index contributed by atoms with van der Waals surface area (Å²) >= 11 is 0. The minimum absolute atomic E-state index is 0.0788. The molecule has 0 saturated heterocycles. The van der Waals surface area contributed by atoms with E-state index >= 15 is 0 Å². The first-order valence-electron chi connectivity index (χ1n) is 4.46. The second-order valence-electron chi connectivity index (χ2n) is 3.41. The van der Waals surface area contributed by atoms with Gasteiger partial charge in [0.25, 0.3) is 5.78 Å². The lowest BCUT2D eigenvalue weighted by Gasteiger charge is -2.07. The van der Waals surface area contributed by atoms with Gasteiger partial charge in [-0.05, 0) is 37.1 Å². The minimum Gasteiger partial charge on any atom is -0.478 e. The van der Waals surface area contributed by atoms with Crippen molar-refractivity contribution in [2.24, 2.45) is 0 Å². The number of ketones is 1. The maximum Gasteiger partial charge on any atom is 0.377 e. The molecule has 0 radical (unpaired) electrons. The molecule has 0 unspecified atom stereocenters. The fraction of sp³-hybridized carbons (Fsp3) is 0.182. The van der Waals surface area contributed by atoms with Crippen LogP contribution in [-0.2, 0) is 4.79 Å². The van der Waals surface area contributed by atoms with Gasteiger partial charge < -0.3 is 10.2 Å². The Morgan fingerprint density at radius 1 is 1.06 bits per heavy atom. The van der Waals surface area contributed by atoms with Crippen LogP contribution < -0.4 is 0 Å². The molecule has 0 saturated carbocycles. The van der Waals surface area contributed by atoms with Gasteiger partial charge in [0, 0.05) is 5.56 Å². The van der Waals surface area contributed by atoms with Gasteiger partial charge in [-0.1, -0.05) is 0 Å². The lowest BCUT2D eigenvalue weighted by molar-refractivity contribution is -0.131. The normalized spacial score (nSPS) is 9.88. The molecular weight excluding hydrogens is 212 g/mol. The molecule has 0 spiro atoms. The lowest BCUT2D eigenvalue weighted by Crippen LogP contribution is -2.15. The van der Waals surface area contributed by atoms with Gasteiger partial charge in [-0.25, -0.2) is 9.59 Å². The van der Waals surface area contributed by atoms with Crippen LogP contribution >= 0.6 is 0 Å². The number of carboxylic acid groups (broad SMARTS) is 2. The van der Waals surface area contributed by atoms with Crippen LogP contribution in [0.2, 0.25) is 0 Å². The van der Waals surface area contributed by atoms with Gasteiger partial charge in [0.15, 0.2) is 0 Å². The lowest BCUT2D eigenvalue weighted by atomic mass is 9.97. The average molecular weight is 222 g/mol. The van der Waals surface area contributed by atoms with E-state index in [0.717, 1.165) is 6.07 Å². The molecule has 0 aliphatic carbocycles. The third-order valence-electron chi connectivity index (χ3n) is 2.35. The van der Waals surface area contributed by atoms with Crippen LogP contribution in [-0.4, -0.2) is 27.9 Å². The predicted molar refractivity (Wildman–Crippen MR) is 54.8 cm³/mol. The molecule has 1 aromatic rings. The summed E-state index contributed by atoms with van der Waals surface area (Å²) in [6, 6.07) is 2.48. The van der Waals surface area contributed by atoms with Crippen molar-refractivity contribution in [3.8, 4) is 0 Å². The monoisotopic (exact) mass is 222 g/mol. The number of carbonyl (C=O) groups excluding carboxylic acids is 1. The smallest absolute Gasteiger partial charge is 0.377 e. The van der Waals surface area contributed by atoms with E-state index in [9.17, 15) is 14.4 Å². The van der Waals surface area contributed by atoms with E-state index in [2.05, 4.69) is 0 Å². The maximum absolute atomic E-state index is 11.3. The molecule has 0 aliphatic heterocycles. The summed E-state index contributed by atoms with van der Waals surface area (Å²) in [6.07, 6.45) is 0. The van der Waals surface area contributed by atoms with Crippen molar-refractivity contribution in [3.63, 3.8) is 0 Å². The first-order chi connectivity index (χ1) is 7.34. The predicted octanol–water partition coefficient (Wildman–Crippen LogP) is 1.27. The van der Waals surface area contributed by atoms with E-state index in [1.807, 2.05) is 0 Å².